The van der Waals surface area contributed by atoms with Crippen molar-refractivity contribution in [1.82, 2.24) is 10.6 Å². The molecule has 0 bridgehead atoms. The Morgan fingerprint density at radius 2 is 2.00 bits per heavy atom. The minimum Gasteiger partial charge on any atom is -0.325 e. The van der Waals surface area contributed by atoms with Crippen molar-refractivity contribution in [2.24, 2.45) is 0 Å². The molecule has 1 atom stereocenters. The number of urea groups is 1. The fraction of sp³-hybridized carbons (Fsp3) is 0.500. The number of rotatable bonds is 2. The second-order valence-corrected chi connectivity index (χ2v) is 3.76. The van der Waals surface area contributed by atoms with Gasteiger partial charge in [0.1, 0.15) is 11.8 Å². The maximum Gasteiger partial charge on any atom is 0.322 e. The highest BCUT2D eigenvalue weighted by atomic mass is 32.2. The van der Waals surface area contributed by atoms with Gasteiger partial charge in [-0.05, 0) is 0 Å². The molecule has 8 heteroatoms. The SMILES string of the molecule is O=C1NC(=O)C(CS(=O)(=O)O)N1. The first kappa shape index (κ1) is 8.94. The van der Waals surface area contributed by atoms with Crippen molar-refractivity contribution in [3.8, 4) is 0 Å². The molecule has 0 aliphatic carbocycles. The highest BCUT2D eigenvalue weighted by molar-refractivity contribution is 7.85. The fourth-order valence-electron chi connectivity index (χ4n) is 0.787. The number of hydrogen-bond acceptors (Lipinski definition) is 4. The fourth-order valence-corrected chi connectivity index (χ4v) is 1.44. The predicted molar refractivity (Wildman–Crippen MR) is 36.9 cm³/mol. The van der Waals surface area contributed by atoms with Gasteiger partial charge in [-0.25, -0.2) is 4.79 Å². The molecule has 1 heterocycles. The van der Waals surface area contributed by atoms with Crippen LogP contribution in [0, 0.1) is 0 Å². The van der Waals surface area contributed by atoms with Crippen LogP contribution in [0.4, 0.5) is 4.79 Å². The largest absolute Gasteiger partial charge is 0.325 e. The van der Waals surface area contributed by atoms with Crippen LogP contribution in [-0.2, 0) is 14.9 Å². The van der Waals surface area contributed by atoms with E-state index in [4.69, 9.17) is 4.55 Å². The van der Waals surface area contributed by atoms with E-state index >= 15 is 0 Å². The van der Waals surface area contributed by atoms with E-state index in [2.05, 4.69) is 0 Å². The Bertz CT molecular complexity index is 320. The van der Waals surface area contributed by atoms with Crippen molar-refractivity contribution in [1.29, 1.82) is 0 Å². The van der Waals surface area contributed by atoms with Gasteiger partial charge in [-0.2, -0.15) is 8.42 Å². The second-order valence-electron chi connectivity index (χ2n) is 2.26. The zero-order valence-electron chi connectivity index (χ0n) is 5.77. The summed E-state index contributed by atoms with van der Waals surface area (Å²) in [7, 11) is -4.24. The van der Waals surface area contributed by atoms with Gasteiger partial charge >= 0.3 is 6.03 Å². The molecule has 1 aliphatic rings. The van der Waals surface area contributed by atoms with Gasteiger partial charge in [-0.3, -0.25) is 14.7 Å². The molecule has 0 saturated carbocycles. The van der Waals surface area contributed by atoms with Crippen LogP contribution in [0.15, 0.2) is 0 Å². The quantitative estimate of drug-likeness (QED) is 0.350. The van der Waals surface area contributed by atoms with Gasteiger partial charge in [-0.1, -0.05) is 0 Å². The van der Waals surface area contributed by atoms with Crippen LogP contribution in [-0.4, -0.2) is 36.7 Å². The van der Waals surface area contributed by atoms with Crippen molar-refractivity contribution in [2.45, 2.75) is 6.04 Å². The first-order valence-corrected chi connectivity index (χ1v) is 4.56. The monoisotopic (exact) mass is 194 g/mol. The standard InChI is InChI=1S/C4H6N2O5S/c7-3-2(1-12(9,10)11)5-4(8)6-3/h2H,1H2,(H,9,10,11)(H2,5,6,7,8). The summed E-state index contributed by atoms with van der Waals surface area (Å²) in [5.74, 6) is -1.55. The number of imide groups is 1. The lowest BCUT2D eigenvalue weighted by Crippen LogP contribution is -2.35. The third-order valence-electron chi connectivity index (χ3n) is 1.24. The Morgan fingerprint density at radius 1 is 1.42 bits per heavy atom. The molecular formula is C4H6N2O5S. The van der Waals surface area contributed by atoms with Gasteiger partial charge in [-0.15, -0.1) is 0 Å². The van der Waals surface area contributed by atoms with Crippen molar-refractivity contribution in [3.05, 3.63) is 0 Å². The first-order valence-electron chi connectivity index (χ1n) is 2.95. The van der Waals surface area contributed by atoms with E-state index in [1.165, 1.54) is 0 Å². The topological polar surface area (TPSA) is 113 Å². The molecule has 3 N–H and O–H groups in total. The minimum atomic E-state index is -4.24. The molecule has 3 amide bonds. The lowest BCUT2D eigenvalue weighted by Gasteiger charge is -2.02. The summed E-state index contributed by atoms with van der Waals surface area (Å²) < 4.78 is 28.9. The average molecular weight is 194 g/mol. The molecule has 1 aliphatic heterocycles. The molecule has 1 rings (SSSR count). The van der Waals surface area contributed by atoms with E-state index in [1.807, 2.05) is 10.6 Å². The summed E-state index contributed by atoms with van der Waals surface area (Å²) in [4.78, 5) is 21.1. The lowest BCUT2D eigenvalue weighted by atomic mass is 10.3. The summed E-state index contributed by atoms with van der Waals surface area (Å²) in [5, 5.41) is 3.85. The van der Waals surface area contributed by atoms with Crippen molar-refractivity contribution in [2.75, 3.05) is 5.75 Å². The van der Waals surface area contributed by atoms with E-state index in [0.29, 0.717) is 0 Å². The first-order chi connectivity index (χ1) is 5.38. The molecule has 7 nitrogen and oxygen atoms in total. The highest BCUT2D eigenvalue weighted by Crippen LogP contribution is 1.96. The average Bonchev–Trinajstić information content (AvgIpc) is 2.06. The van der Waals surface area contributed by atoms with Gasteiger partial charge in [0.15, 0.2) is 0 Å². The van der Waals surface area contributed by atoms with Crippen LogP contribution in [0.1, 0.15) is 0 Å². The molecule has 0 aromatic rings. The van der Waals surface area contributed by atoms with Gasteiger partial charge < -0.3 is 5.32 Å². The van der Waals surface area contributed by atoms with Crippen LogP contribution in [0.2, 0.25) is 0 Å². The Kier molecular flexibility index (Phi) is 2.02. The Balaban J connectivity index is 2.67. The third kappa shape index (κ3) is 2.17. The molecule has 0 radical (unpaired) electrons. The summed E-state index contributed by atoms with van der Waals surface area (Å²) in [6, 6.07) is -1.94. The third-order valence-corrected chi connectivity index (χ3v) is 1.99. The van der Waals surface area contributed by atoms with Crippen molar-refractivity contribution < 1.29 is 22.6 Å². The zero-order valence-corrected chi connectivity index (χ0v) is 6.59. The molecule has 0 spiro atoms. The predicted octanol–water partition coefficient (Wildman–Crippen LogP) is -1.92. The minimum absolute atomic E-state index is 0.752. The number of carbonyl (C=O) groups is 2. The Morgan fingerprint density at radius 3 is 2.33 bits per heavy atom. The maximum absolute atomic E-state index is 10.7. The Labute approximate surface area is 67.9 Å². The molecule has 0 aromatic heterocycles. The Hall–Kier alpha value is -1.15. The van der Waals surface area contributed by atoms with Crippen LogP contribution >= 0.6 is 0 Å². The second kappa shape index (κ2) is 2.72. The smallest absolute Gasteiger partial charge is 0.322 e. The number of amides is 3. The van der Waals surface area contributed by atoms with Gasteiger partial charge in [0.2, 0.25) is 0 Å². The number of carbonyl (C=O) groups excluding carboxylic acids is 2. The maximum atomic E-state index is 10.7. The molecule has 1 fully saturated rings. The van der Waals surface area contributed by atoms with E-state index < -0.39 is 33.9 Å². The molecular weight excluding hydrogens is 188 g/mol. The molecule has 68 valence electrons. The van der Waals surface area contributed by atoms with E-state index in [1.54, 1.807) is 0 Å². The molecule has 0 aromatic carbocycles. The molecule has 1 saturated heterocycles. The summed E-state index contributed by atoms with van der Waals surface area (Å²) in [6.45, 7) is 0. The van der Waals surface area contributed by atoms with Crippen LogP contribution in [0.5, 0.6) is 0 Å². The summed E-state index contributed by atoms with van der Waals surface area (Å²) >= 11 is 0. The van der Waals surface area contributed by atoms with Crippen LogP contribution in [0.3, 0.4) is 0 Å². The van der Waals surface area contributed by atoms with Gasteiger partial charge in [0.05, 0.1) is 0 Å². The summed E-state index contributed by atoms with van der Waals surface area (Å²) in [5.41, 5.74) is 0. The van der Waals surface area contributed by atoms with Crippen molar-refractivity contribution in [3.63, 3.8) is 0 Å². The lowest BCUT2D eigenvalue weighted by molar-refractivity contribution is -0.119. The molecule has 1 unspecified atom stereocenters. The van der Waals surface area contributed by atoms with Gasteiger partial charge in [0.25, 0.3) is 16.0 Å². The van der Waals surface area contributed by atoms with Gasteiger partial charge in [0, 0.05) is 0 Å². The highest BCUT2D eigenvalue weighted by Gasteiger charge is 2.32. The number of nitrogens with one attached hydrogen (secondary N) is 2. The molecule has 12 heavy (non-hydrogen) atoms. The van der Waals surface area contributed by atoms with E-state index in [-0.39, 0.29) is 0 Å². The normalized spacial score (nSPS) is 23.6. The number of hydrogen-bond donors (Lipinski definition) is 3. The zero-order chi connectivity index (χ0) is 9.35. The van der Waals surface area contributed by atoms with Crippen molar-refractivity contribution >= 4 is 22.1 Å². The van der Waals surface area contributed by atoms with E-state index in [9.17, 15) is 18.0 Å². The van der Waals surface area contributed by atoms with Crippen LogP contribution in [0.25, 0.3) is 0 Å². The summed E-state index contributed by atoms with van der Waals surface area (Å²) in [6.07, 6.45) is 0. The van der Waals surface area contributed by atoms with Crippen LogP contribution < -0.4 is 10.6 Å². The van der Waals surface area contributed by atoms with E-state index in [0.717, 1.165) is 0 Å².